The molecule has 5 nitrogen and oxygen atoms in total. The van der Waals surface area contributed by atoms with Crippen molar-refractivity contribution in [1.82, 2.24) is 0 Å². The molecule has 0 rings (SSSR count). The van der Waals surface area contributed by atoms with Crippen molar-refractivity contribution in [2.75, 3.05) is 0 Å². The number of carboxylic acids is 2. The van der Waals surface area contributed by atoms with Gasteiger partial charge in [-0.3, -0.25) is 9.59 Å². The Labute approximate surface area is 190 Å². The van der Waals surface area contributed by atoms with E-state index >= 15 is 0 Å². The molecule has 0 amide bonds. The van der Waals surface area contributed by atoms with Crippen LogP contribution >= 0.6 is 0 Å². The number of carbonyl (C=O) groups excluding carboxylic acids is 1. The van der Waals surface area contributed by atoms with E-state index in [4.69, 9.17) is 0 Å². The van der Waals surface area contributed by atoms with Gasteiger partial charge in [0, 0.05) is 6.42 Å². The van der Waals surface area contributed by atoms with Gasteiger partial charge in [-0.1, -0.05) is 110 Å². The summed E-state index contributed by atoms with van der Waals surface area (Å²) in [7, 11) is 0. The molecule has 31 heavy (non-hydrogen) atoms. The van der Waals surface area contributed by atoms with Gasteiger partial charge in [0.05, 0.1) is 0 Å². The zero-order chi connectivity index (χ0) is 23.4. The summed E-state index contributed by atoms with van der Waals surface area (Å²) in [5.74, 6) is -2.10. The second-order valence-corrected chi connectivity index (χ2v) is 9.30. The smallest absolute Gasteiger partial charge is 0.321 e. The van der Waals surface area contributed by atoms with E-state index in [1.165, 1.54) is 32.1 Å². The molecule has 0 bridgehead atoms. The van der Waals surface area contributed by atoms with E-state index in [9.17, 15) is 24.6 Å². The van der Waals surface area contributed by atoms with Gasteiger partial charge in [0.25, 0.3) is 0 Å². The maximum Gasteiger partial charge on any atom is 0.321 e. The maximum absolute atomic E-state index is 11.8. The summed E-state index contributed by atoms with van der Waals surface area (Å²) < 4.78 is 0. The molecule has 0 aromatic heterocycles. The van der Waals surface area contributed by atoms with Crippen molar-refractivity contribution >= 4 is 17.7 Å². The summed E-state index contributed by atoms with van der Waals surface area (Å²) in [6, 6.07) is 0. The largest absolute Gasteiger partial charge is 0.480 e. The molecule has 0 saturated carbocycles. The number of rotatable bonds is 23. The summed E-state index contributed by atoms with van der Waals surface area (Å²) in [5.41, 5.74) is -1.62. The van der Waals surface area contributed by atoms with Crippen LogP contribution in [0.25, 0.3) is 0 Å². The lowest BCUT2D eigenvalue weighted by Gasteiger charge is -2.25. The molecule has 0 aliphatic rings. The summed E-state index contributed by atoms with van der Waals surface area (Å²) in [6.45, 7) is 3.83. The highest BCUT2D eigenvalue weighted by Gasteiger charge is 2.45. The molecular formula is C26H48O5. The van der Waals surface area contributed by atoms with Crippen LogP contribution in [-0.2, 0) is 14.4 Å². The Hall–Kier alpha value is -1.39. The Morgan fingerprint density at radius 2 is 0.871 bits per heavy atom. The van der Waals surface area contributed by atoms with Gasteiger partial charge < -0.3 is 15.0 Å². The van der Waals surface area contributed by atoms with Crippen LogP contribution in [-0.4, -0.2) is 27.9 Å². The Kier molecular flexibility index (Phi) is 18.4. The molecule has 5 heteroatoms. The molecule has 0 aliphatic carbocycles. The molecule has 0 aromatic rings. The van der Waals surface area contributed by atoms with Crippen LogP contribution in [0, 0.1) is 5.41 Å². The van der Waals surface area contributed by atoms with Crippen molar-refractivity contribution in [3.8, 4) is 0 Å². The standard InChI is InChI=1S/C26H48O5/c1-3-4-5-6-7-9-12-15-18-21-26(24(28)29,25(30)31)22-19-16-13-10-8-11-14-17-20-23(2)27/h3-22H2,1-2H3,(H,28,29)(H,30,31). The summed E-state index contributed by atoms with van der Waals surface area (Å²) in [4.78, 5) is 34.6. The Morgan fingerprint density at radius 3 is 1.19 bits per heavy atom. The van der Waals surface area contributed by atoms with Crippen LogP contribution in [0.4, 0.5) is 0 Å². The van der Waals surface area contributed by atoms with E-state index in [1.54, 1.807) is 6.92 Å². The topological polar surface area (TPSA) is 91.7 Å². The molecule has 0 aliphatic heterocycles. The fraction of sp³-hybridized carbons (Fsp3) is 0.885. The highest BCUT2D eigenvalue weighted by molar-refractivity contribution is 5.98. The molecule has 0 radical (unpaired) electrons. The van der Waals surface area contributed by atoms with Crippen molar-refractivity contribution in [2.45, 2.75) is 142 Å². The molecule has 0 saturated heterocycles. The fourth-order valence-electron chi connectivity index (χ4n) is 4.24. The van der Waals surface area contributed by atoms with Crippen LogP contribution in [0.5, 0.6) is 0 Å². The highest BCUT2D eigenvalue weighted by Crippen LogP contribution is 2.33. The van der Waals surface area contributed by atoms with Crippen molar-refractivity contribution in [3.05, 3.63) is 0 Å². The first-order valence-electron chi connectivity index (χ1n) is 12.8. The summed E-state index contributed by atoms with van der Waals surface area (Å²) in [5, 5.41) is 19.3. The molecule has 0 aromatic carbocycles. The monoisotopic (exact) mass is 440 g/mol. The summed E-state index contributed by atoms with van der Waals surface area (Å²) in [6.07, 6.45) is 19.2. The molecule has 182 valence electrons. The first kappa shape index (κ1) is 29.6. The van der Waals surface area contributed by atoms with Gasteiger partial charge in [-0.05, 0) is 26.2 Å². The van der Waals surface area contributed by atoms with Crippen molar-refractivity contribution in [1.29, 1.82) is 0 Å². The minimum atomic E-state index is -1.62. The van der Waals surface area contributed by atoms with Crippen LogP contribution in [0.2, 0.25) is 0 Å². The molecule has 2 N–H and O–H groups in total. The lowest BCUT2D eigenvalue weighted by molar-refractivity contribution is -0.166. The van der Waals surface area contributed by atoms with E-state index in [0.29, 0.717) is 19.3 Å². The van der Waals surface area contributed by atoms with Gasteiger partial charge in [-0.15, -0.1) is 0 Å². The van der Waals surface area contributed by atoms with Gasteiger partial charge in [0.15, 0.2) is 5.41 Å². The van der Waals surface area contributed by atoms with Crippen molar-refractivity contribution < 1.29 is 24.6 Å². The number of aliphatic carboxylic acids is 2. The van der Waals surface area contributed by atoms with E-state index < -0.39 is 17.4 Å². The summed E-state index contributed by atoms with van der Waals surface area (Å²) >= 11 is 0. The van der Waals surface area contributed by atoms with Crippen LogP contribution in [0.1, 0.15) is 142 Å². The fourth-order valence-corrected chi connectivity index (χ4v) is 4.24. The number of carbonyl (C=O) groups is 3. The first-order chi connectivity index (χ1) is 14.9. The zero-order valence-electron chi connectivity index (χ0n) is 20.3. The lowest BCUT2D eigenvalue weighted by atomic mass is 9.78. The third-order valence-corrected chi connectivity index (χ3v) is 6.41. The zero-order valence-corrected chi connectivity index (χ0v) is 20.3. The maximum atomic E-state index is 11.8. The van der Waals surface area contributed by atoms with Gasteiger partial charge in [-0.25, -0.2) is 0 Å². The Balaban J connectivity index is 4.04. The number of carboxylic acid groups (broad SMARTS) is 2. The second kappa shape index (κ2) is 19.3. The van der Waals surface area contributed by atoms with E-state index in [2.05, 4.69) is 6.92 Å². The minimum absolute atomic E-state index is 0.229. The number of hydrogen-bond donors (Lipinski definition) is 2. The van der Waals surface area contributed by atoms with Gasteiger partial charge in [0.2, 0.25) is 0 Å². The molecule has 0 heterocycles. The quantitative estimate of drug-likeness (QED) is 0.126. The number of unbranched alkanes of at least 4 members (excludes halogenated alkanes) is 15. The van der Waals surface area contributed by atoms with Crippen molar-refractivity contribution in [2.24, 2.45) is 5.41 Å². The molecule has 0 spiro atoms. The number of hydrogen-bond acceptors (Lipinski definition) is 3. The van der Waals surface area contributed by atoms with Gasteiger partial charge in [0.1, 0.15) is 5.78 Å². The molecule has 0 atom stereocenters. The Morgan fingerprint density at radius 1 is 0.548 bits per heavy atom. The SMILES string of the molecule is CCCCCCCCCCCC(CCCCCCCCCCC(C)=O)(C(=O)O)C(=O)O. The van der Waals surface area contributed by atoms with Gasteiger partial charge >= 0.3 is 11.9 Å². The average molecular weight is 441 g/mol. The van der Waals surface area contributed by atoms with Gasteiger partial charge in [-0.2, -0.15) is 0 Å². The normalized spacial score (nSPS) is 11.5. The van der Waals surface area contributed by atoms with Crippen LogP contribution < -0.4 is 0 Å². The molecule has 0 fully saturated rings. The highest BCUT2D eigenvalue weighted by atomic mass is 16.4. The second-order valence-electron chi connectivity index (χ2n) is 9.30. The molecular weight excluding hydrogens is 392 g/mol. The molecule has 0 unspecified atom stereocenters. The average Bonchev–Trinajstić information content (AvgIpc) is 2.71. The van der Waals surface area contributed by atoms with E-state index in [1.807, 2.05) is 0 Å². The predicted molar refractivity (Wildman–Crippen MR) is 126 cm³/mol. The number of Topliss-reactive ketones (excluding diaryl/α,β-unsaturated/α-hetero) is 1. The Bertz CT molecular complexity index is 472. The predicted octanol–water partition coefficient (Wildman–Crippen LogP) is 7.55. The van der Waals surface area contributed by atoms with E-state index in [-0.39, 0.29) is 18.6 Å². The third-order valence-electron chi connectivity index (χ3n) is 6.41. The van der Waals surface area contributed by atoms with Crippen molar-refractivity contribution in [3.63, 3.8) is 0 Å². The third kappa shape index (κ3) is 15.1. The lowest BCUT2D eigenvalue weighted by Crippen LogP contribution is -2.39. The van der Waals surface area contributed by atoms with E-state index in [0.717, 1.165) is 64.2 Å². The van der Waals surface area contributed by atoms with Crippen LogP contribution in [0.15, 0.2) is 0 Å². The first-order valence-corrected chi connectivity index (χ1v) is 12.8. The minimum Gasteiger partial charge on any atom is -0.480 e. The van der Waals surface area contributed by atoms with Crippen LogP contribution in [0.3, 0.4) is 0 Å². The number of ketones is 1.